The van der Waals surface area contributed by atoms with Crippen LogP contribution in [0.1, 0.15) is 42.2 Å². The minimum absolute atomic E-state index is 0.151. The number of rotatable bonds is 2. The summed E-state index contributed by atoms with van der Waals surface area (Å²) in [5.74, 6) is -0.827. The van der Waals surface area contributed by atoms with Gasteiger partial charge in [-0.2, -0.15) is 0 Å². The molecule has 2 heterocycles. The number of hydrogen-bond donors (Lipinski definition) is 1. The number of esters is 1. The maximum Gasteiger partial charge on any atom is 0.343 e. The van der Waals surface area contributed by atoms with Crippen LogP contribution in [0, 0.1) is 0 Å². The molecule has 0 fully saturated rings. The zero-order chi connectivity index (χ0) is 13.1. The second-order valence-electron chi connectivity index (χ2n) is 4.37. The maximum atomic E-state index is 11.9. The summed E-state index contributed by atoms with van der Waals surface area (Å²) in [6.45, 7) is 2.56. The zero-order valence-electron chi connectivity index (χ0n) is 10.4. The van der Waals surface area contributed by atoms with Crippen LogP contribution in [0.2, 0.25) is 0 Å². The van der Waals surface area contributed by atoms with E-state index in [1.807, 2.05) is 0 Å². The Hall–Kier alpha value is -1.78. The Kier molecular flexibility index (Phi) is 3.69. The number of aromatic hydroxyl groups is 1. The van der Waals surface area contributed by atoms with Crippen molar-refractivity contribution in [3.05, 3.63) is 27.7 Å². The Bertz CT molecular complexity index is 518. The Morgan fingerprint density at radius 1 is 1.44 bits per heavy atom. The quantitative estimate of drug-likeness (QED) is 0.808. The van der Waals surface area contributed by atoms with Crippen LogP contribution in [0.25, 0.3) is 0 Å². The molecule has 1 aromatic heterocycles. The molecule has 5 nitrogen and oxygen atoms in total. The molecule has 0 amide bonds. The fraction of sp³-hybridized carbons (Fsp3) is 0.538. The van der Waals surface area contributed by atoms with Gasteiger partial charge in [-0.25, -0.2) is 4.79 Å². The summed E-state index contributed by atoms with van der Waals surface area (Å²) < 4.78 is 6.52. The highest BCUT2D eigenvalue weighted by molar-refractivity contribution is 5.93. The number of pyridine rings is 1. The first-order valence-corrected chi connectivity index (χ1v) is 6.28. The summed E-state index contributed by atoms with van der Waals surface area (Å²) in [5.41, 5.74) is 0.506. The van der Waals surface area contributed by atoms with Crippen LogP contribution < -0.4 is 5.56 Å². The van der Waals surface area contributed by atoms with Gasteiger partial charge in [0.15, 0.2) is 0 Å². The summed E-state index contributed by atoms with van der Waals surface area (Å²) in [5, 5.41) is 9.82. The summed E-state index contributed by atoms with van der Waals surface area (Å²) in [6.07, 6.45) is 3.47. The smallest absolute Gasteiger partial charge is 0.343 e. The first kappa shape index (κ1) is 12.7. The molecule has 0 unspecified atom stereocenters. The predicted molar refractivity (Wildman–Crippen MR) is 65.9 cm³/mol. The van der Waals surface area contributed by atoms with Crippen molar-refractivity contribution in [2.75, 3.05) is 6.61 Å². The van der Waals surface area contributed by atoms with E-state index in [9.17, 15) is 14.7 Å². The van der Waals surface area contributed by atoms with E-state index in [0.29, 0.717) is 18.7 Å². The Balaban J connectivity index is 2.58. The van der Waals surface area contributed by atoms with Crippen molar-refractivity contribution in [1.29, 1.82) is 0 Å². The van der Waals surface area contributed by atoms with Gasteiger partial charge in [0.05, 0.1) is 6.61 Å². The lowest BCUT2D eigenvalue weighted by Crippen LogP contribution is -2.25. The molecular weight excluding hydrogens is 234 g/mol. The molecule has 0 saturated carbocycles. The monoisotopic (exact) mass is 251 g/mol. The van der Waals surface area contributed by atoms with Gasteiger partial charge in [0, 0.05) is 18.3 Å². The third kappa shape index (κ3) is 2.25. The molecule has 0 bridgehead atoms. The second kappa shape index (κ2) is 5.25. The molecule has 0 spiro atoms. The molecule has 0 atom stereocenters. The molecule has 5 heteroatoms. The van der Waals surface area contributed by atoms with Crippen LogP contribution in [0.5, 0.6) is 5.75 Å². The van der Waals surface area contributed by atoms with Crippen LogP contribution in [0.4, 0.5) is 0 Å². The van der Waals surface area contributed by atoms with Gasteiger partial charge >= 0.3 is 5.97 Å². The van der Waals surface area contributed by atoms with E-state index in [0.717, 1.165) is 25.3 Å². The lowest BCUT2D eigenvalue weighted by atomic mass is 10.1. The second-order valence-corrected chi connectivity index (χ2v) is 4.37. The number of ether oxygens (including phenoxy) is 1. The minimum Gasteiger partial charge on any atom is -0.507 e. The first-order valence-electron chi connectivity index (χ1n) is 6.28. The summed E-state index contributed by atoms with van der Waals surface area (Å²) in [6, 6.07) is 1.10. The van der Waals surface area contributed by atoms with E-state index in [4.69, 9.17) is 4.74 Å². The fourth-order valence-electron chi connectivity index (χ4n) is 2.35. The molecule has 1 aliphatic rings. The largest absolute Gasteiger partial charge is 0.507 e. The van der Waals surface area contributed by atoms with E-state index in [-0.39, 0.29) is 23.5 Å². The molecule has 0 aliphatic carbocycles. The average molecular weight is 251 g/mol. The number of carbonyl (C=O) groups is 1. The predicted octanol–water partition coefficient (Wildman–Crippen LogP) is 1.46. The van der Waals surface area contributed by atoms with Gasteiger partial charge in [0.1, 0.15) is 11.3 Å². The Morgan fingerprint density at radius 3 is 2.94 bits per heavy atom. The topological polar surface area (TPSA) is 68.5 Å². The van der Waals surface area contributed by atoms with Crippen molar-refractivity contribution in [2.45, 2.75) is 39.2 Å². The molecule has 1 aromatic rings. The van der Waals surface area contributed by atoms with Crippen molar-refractivity contribution in [2.24, 2.45) is 0 Å². The molecule has 2 rings (SSSR count). The Labute approximate surface area is 105 Å². The highest BCUT2D eigenvalue weighted by Gasteiger charge is 2.23. The molecular formula is C13H17NO4. The van der Waals surface area contributed by atoms with Crippen molar-refractivity contribution in [3.63, 3.8) is 0 Å². The third-order valence-electron chi connectivity index (χ3n) is 3.17. The van der Waals surface area contributed by atoms with Crippen molar-refractivity contribution in [1.82, 2.24) is 4.57 Å². The highest BCUT2D eigenvalue weighted by atomic mass is 16.5. The normalized spacial score (nSPS) is 14.7. The molecule has 0 saturated heterocycles. The van der Waals surface area contributed by atoms with Crippen LogP contribution in [0.3, 0.4) is 0 Å². The summed E-state index contributed by atoms with van der Waals surface area (Å²) in [4.78, 5) is 23.7. The number of nitrogens with zero attached hydrogens (tertiary/aromatic N) is 1. The van der Waals surface area contributed by atoms with Crippen LogP contribution in [0.15, 0.2) is 10.9 Å². The van der Waals surface area contributed by atoms with Crippen molar-refractivity contribution >= 4 is 5.97 Å². The summed E-state index contributed by atoms with van der Waals surface area (Å²) >= 11 is 0. The zero-order valence-corrected chi connectivity index (χ0v) is 10.4. The first-order chi connectivity index (χ1) is 8.65. The van der Waals surface area contributed by atoms with Gasteiger partial charge in [-0.15, -0.1) is 0 Å². The average Bonchev–Trinajstić information content (AvgIpc) is 2.55. The van der Waals surface area contributed by atoms with Crippen LogP contribution in [-0.2, 0) is 17.7 Å². The highest BCUT2D eigenvalue weighted by Crippen LogP contribution is 2.24. The number of fused-ring (bicyclic) bond motifs is 1. The number of carbonyl (C=O) groups excluding carboxylic acids is 1. The van der Waals surface area contributed by atoms with Gasteiger partial charge in [-0.05, 0) is 26.2 Å². The molecule has 18 heavy (non-hydrogen) atoms. The van der Waals surface area contributed by atoms with Gasteiger partial charge in [-0.1, -0.05) is 6.42 Å². The third-order valence-corrected chi connectivity index (χ3v) is 3.17. The molecule has 1 N–H and O–H groups in total. The van der Waals surface area contributed by atoms with Crippen LogP contribution >= 0.6 is 0 Å². The SMILES string of the molecule is CCOC(=O)c1c(O)cc(=O)n2c1CCCCC2. The molecule has 98 valence electrons. The summed E-state index contributed by atoms with van der Waals surface area (Å²) in [7, 11) is 0. The van der Waals surface area contributed by atoms with Crippen molar-refractivity contribution in [3.8, 4) is 5.75 Å². The van der Waals surface area contributed by atoms with Crippen LogP contribution in [-0.4, -0.2) is 22.2 Å². The van der Waals surface area contributed by atoms with E-state index in [1.165, 1.54) is 0 Å². The standard InChI is InChI=1S/C13H17NO4/c1-2-18-13(17)12-9-6-4-3-5-7-14(9)11(16)8-10(12)15/h8,15H,2-7H2,1H3. The van der Waals surface area contributed by atoms with Gasteiger partial charge < -0.3 is 14.4 Å². The van der Waals surface area contributed by atoms with E-state index >= 15 is 0 Å². The molecule has 1 aliphatic heterocycles. The number of hydrogen-bond acceptors (Lipinski definition) is 4. The van der Waals surface area contributed by atoms with Gasteiger partial charge in [0.2, 0.25) is 0 Å². The lowest BCUT2D eigenvalue weighted by Gasteiger charge is -2.14. The maximum absolute atomic E-state index is 11.9. The molecule has 0 radical (unpaired) electrons. The van der Waals surface area contributed by atoms with Gasteiger partial charge in [0.25, 0.3) is 5.56 Å². The van der Waals surface area contributed by atoms with Gasteiger partial charge in [-0.3, -0.25) is 4.79 Å². The number of aromatic nitrogens is 1. The Morgan fingerprint density at radius 2 is 2.22 bits per heavy atom. The van der Waals surface area contributed by atoms with Crippen molar-refractivity contribution < 1.29 is 14.6 Å². The minimum atomic E-state index is -0.555. The lowest BCUT2D eigenvalue weighted by molar-refractivity contribution is 0.0520. The van der Waals surface area contributed by atoms with E-state index in [1.54, 1.807) is 11.5 Å². The fourth-order valence-corrected chi connectivity index (χ4v) is 2.35. The van der Waals surface area contributed by atoms with E-state index < -0.39 is 5.97 Å². The van der Waals surface area contributed by atoms with E-state index in [2.05, 4.69) is 0 Å². The molecule has 0 aromatic carbocycles.